The van der Waals surface area contributed by atoms with Gasteiger partial charge in [0.2, 0.25) is 0 Å². The summed E-state index contributed by atoms with van der Waals surface area (Å²) in [5, 5.41) is 16.7. The second kappa shape index (κ2) is 5.74. The number of carboxylic acids is 1. The van der Waals surface area contributed by atoms with Gasteiger partial charge >= 0.3 is 11.9 Å². The van der Waals surface area contributed by atoms with E-state index in [2.05, 4.69) is 15.0 Å². The summed E-state index contributed by atoms with van der Waals surface area (Å²) < 4.78 is 6.10. The molecule has 1 aromatic carbocycles. The van der Waals surface area contributed by atoms with Crippen LogP contribution in [0.25, 0.3) is 5.69 Å². The van der Waals surface area contributed by atoms with E-state index in [4.69, 9.17) is 5.11 Å². The third-order valence-electron chi connectivity index (χ3n) is 2.99. The van der Waals surface area contributed by atoms with Crippen molar-refractivity contribution in [3.63, 3.8) is 0 Å². The molecule has 0 bridgehead atoms. The molecule has 7 heteroatoms. The molecule has 0 amide bonds. The van der Waals surface area contributed by atoms with E-state index in [0.717, 1.165) is 0 Å². The van der Waals surface area contributed by atoms with E-state index in [1.807, 2.05) is 13.8 Å². The lowest BCUT2D eigenvalue weighted by atomic mass is 10.1. The number of aromatic carboxylic acids is 1. The molecule has 2 aromatic rings. The van der Waals surface area contributed by atoms with Crippen molar-refractivity contribution in [2.24, 2.45) is 0 Å². The minimum atomic E-state index is -1.11. The van der Waals surface area contributed by atoms with Gasteiger partial charge < -0.3 is 9.84 Å². The van der Waals surface area contributed by atoms with Crippen LogP contribution in [-0.4, -0.2) is 39.1 Å². The van der Waals surface area contributed by atoms with Gasteiger partial charge in [0, 0.05) is 0 Å². The summed E-state index contributed by atoms with van der Waals surface area (Å²) in [4.78, 5) is 22.6. The number of benzene rings is 1. The van der Waals surface area contributed by atoms with Gasteiger partial charge in [-0.05, 0) is 30.2 Å². The number of nitrogens with zero attached hydrogens (tertiary/aromatic N) is 3. The predicted molar refractivity (Wildman–Crippen MR) is 73.7 cm³/mol. The first kappa shape index (κ1) is 14.7. The molecule has 0 fully saturated rings. The van der Waals surface area contributed by atoms with Crippen molar-refractivity contribution >= 4 is 11.9 Å². The SMILES string of the molecule is COC(=O)c1ccc(-n2nnc(C(=O)O)c2C(C)C)cc1. The Labute approximate surface area is 121 Å². The molecule has 1 N–H and O–H groups in total. The maximum Gasteiger partial charge on any atom is 0.358 e. The Balaban J connectivity index is 2.47. The molecule has 0 radical (unpaired) electrons. The maximum atomic E-state index is 11.4. The van der Waals surface area contributed by atoms with Gasteiger partial charge in [0.25, 0.3) is 0 Å². The minimum Gasteiger partial charge on any atom is -0.476 e. The number of methoxy groups -OCH3 is 1. The van der Waals surface area contributed by atoms with E-state index in [0.29, 0.717) is 16.9 Å². The number of aromatic nitrogens is 3. The summed E-state index contributed by atoms with van der Waals surface area (Å²) in [7, 11) is 1.31. The van der Waals surface area contributed by atoms with E-state index < -0.39 is 11.9 Å². The molecule has 0 saturated heterocycles. The number of carbonyl (C=O) groups excluding carboxylic acids is 1. The molecular weight excluding hydrogens is 274 g/mol. The first-order valence-electron chi connectivity index (χ1n) is 6.33. The summed E-state index contributed by atoms with van der Waals surface area (Å²) in [6.07, 6.45) is 0. The third-order valence-corrected chi connectivity index (χ3v) is 2.99. The summed E-state index contributed by atoms with van der Waals surface area (Å²) in [6.45, 7) is 3.73. The summed E-state index contributed by atoms with van der Waals surface area (Å²) in [5.41, 5.74) is 1.48. The molecule has 110 valence electrons. The molecule has 0 spiro atoms. The molecule has 1 heterocycles. The zero-order valence-corrected chi connectivity index (χ0v) is 11.9. The average Bonchev–Trinajstić information content (AvgIpc) is 2.91. The Morgan fingerprint density at radius 2 is 1.86 bits per heavy atom. The van der Waals surface area contributed by atoms with Crippen LogP contribution in [0.4, 0.5) is 0 Å². The first-order chi connectivity index (χ1) is 9.95. The number of rotatable bonds is 4. The fourth-order valence-electron chi connectivity index (χ4n) is 2.01. The van der Waals surface area contributed by atoms with Gasteiger partial charge in [0.1, 0.15) is 0 Å². The zero-order chi connectivity index (χ0) is 15.6. The van der Waals surface area contributed by atoms with Crippen LogP contribution in [0.15, 0.2) is 24.3 Å². The normalized spacial score (nSPS) is 10.7. The van der Waals surface area contributed by atoms with Crippen LogP contribution in [0.5, 0.6) is 0 Å². The van der Waals surface area contributed by atoms with Crippen molar-refractivity contribution in [1.29, 1.82) is 0 Å². The Morgan fingerprint density at radius 1 is 1.24 bits per heavy atom. The Hall–Kier alpha value is -2.70. The van der Waals surface area contributed by atoms with Crippen molar-refractivity contribution in [2.75, 3.05) is 7.11 Å². The molecule has 0 aliphatic heterocycles. The number of carbonyl (C=O) groups is 2. The lowest BCUT2D eigenvalue weighted by molar-refractivity contribution is 0.0599. The smallest absolute Gasteiger partial charge is 0.358 e. The quantitative estimate of drug-likeness (QED) is 0.863. The number of hydrogen-bond acceptors (Lipinski definition) is 5. The minimum absolute atomic E-state index is 0.0635. The van der Waals surface area contributed by atoms with Crippen molar-refractivity contribution < 1.29 is 19.4 Å². The van der Waals surface area contributed by atoms with Crippen molar-refractivity contribution in [3.8, 4) is 5.69 Å². The van der Waals surface area contributed by atoms with E-state index >= 15 is 0 Å². The Morgan fingerprint density at radius 3 is 2.33 bits per heavy atom. The van der Waals surface area contributed by atoms with Gasteiger partial charge in [0.05, 0.1) is 24.1 Å². The van der Waals surface area contributed by atoms with E-state index in [1.54, 1.807) is 24.3 Å². The summed E-state index contributed by atoms with van der Waals surface area (Å²) in [5.74, 6) is -1.61. The largest absolute Gasteiger partial charge is 0.476 e. The van der Waals surface area contributed by atoms with Gasteiger partial charge in [-0.3, -0.25) is 0 Å². The van der Waals surface area contributed by atoms with Gasteiger partial charge in [-0.1, -0.05) is 19.1 Å². The Kier molecular flexibility index (Phi) is 4.02. The standard InChI is InChI=1S/C14H15N3O4/c1-8(2)12-11(13(18)19)15-16-17(12)10-6-4-9(5-7-10)14(20)21-3/h4-8H,1-3H3,(H,18,19). The molecule has 0 aliphatic rings. The molecule has 2 rings (SSSR count). The zero-order valence-electron chi connectivity index (χ0n) is 11.9. The van der Waals surface area contributed by atoms with Gasteiger partial charge in [0.15, 0.2) is 5.69 Å². The van der Waals surface area contributed by atoms with Crippen molar-refractivity contribution in [3.05, 3.63) is 41.2 Å². The molecule has 7 nitrogen and oxygen atoms in total. The second-order valence-corrected chi connectivity index (χ2v) is 4.73. The number of carboxylic acid groups (broad SMARTS) is 1. The highest BCUT2D eigenvalue weighted by Gasteiger charge is 2.22. The number of esters is 1. The van der Waals surface area contributed by atoms with Crippen molar-refractivity contribution in [1.82, 2.24) is 15.0 Å². The molecule has 21 heavy (non-hydrogen) atoms. The number of hydrogen-bond donors (Lipinski definition) is 1. The van der Waals surface area contributed by atoms with Gasteiger partial charge in [-0.15, -0.1) is 5.10 Å². The van der Waals surface area contributed by atoms with E-state index in [1.165, 1.54) is 11.8 Å². The third kappa shape index (κ3) is 2.76. The second-order valence-electron chi connectivity index (χ2n) is 4.73. The van der Waals surface area contributed by atoms with E-state index in [-0.39, 0.29) is 11.6 Å². The highest BCUT2D eigenvalue weighted by atomic mass is 16.5. The van der Waals surface area contributed by atoms with Crippen molar-refractivity contribution in [2.45, 2.75) is 19.8 Å². The highest BCUT2D eigenvalue weighted by Crippen LogP contribution is 2.21. The number of ether oxygens (including phenoxy) is 1. The van der Waals surface area contributed by atoms with Crippen LogP contribution in [-0.2, 0) is 4.74 Å². The van der Waals surface area contributed by atoms with Gasteiger partial charge in [-0.25, -0.2) is 14.3 Å². The average molecular weight is 289 g/mol. The summed E-state index contributed by atoms with van der Waals surface area (Å²) >= 11 is 0. The molecule has 0 atom stereocenters. The van der Waals surface area contributed by atoms with Crippen LogP contribution in [0.1, 0.15) is 46.3 Å². The van der Waals surface area contributed by atoms with Crippen LogP contribution in [0.3, 0.4) is 0 Å². The van der Waals surface area contributed by atoms with Crippen LogP contribution >= 0.6 is 0 Å². The van der Waals surface area contributed by atoms with Crippen LogP contribution in [0, 0.1) is 0 Å². The monoisotopic (exact) mass is 289 g/mol. The predicted octanol–water partition coefficient (Wildman–Crippen LogP) is 1.88. The van der Waals surface area contributed by atoms with Gasteiger partial charge in [-0.2, -0.15) is 0 Å². The Bertz CT molecular complexity index is 674. The lowest BCUT2D eigenvalue weighted by Gasteiger charge is -2.10. The molecule has 0 aliphatic carbocycles. The fraction of sp³-hybridized carbons (Fsp3) is 0.286. The fourth-order valence-corrected chi connectivity index (χ4v) is 2.01. The maximum absolute atomic E-state index is 11.4. The van der Waals surface area contributed by atoms with Crippen LogP contribution in [0.2, 0.25) is 0 Å². The molecule has 0 saturated carbocycles. The van der Waals surface area contributed by atoms with Crippen LogP contribution < -0.4 is 0 Å². The molecule has 0 unspecified atom stereocenters. The summed E-state index contributed by atoms with van der Waals surface area (Å²) in [6, 6.07) is 6.51. The molecule has 1 aromatic heterocycles. The van der Waals surface area contributed by atoms with E-state index in [9.17, 15) is 9.59 Å². The first-order valence-corrected chi connectivity index (χ1v) is 6.33. The lowest BCUT2D eigenvalue weighted by Crippen LogP contribution is -2.09. The highest BCUT2D eigenvalue weighted by molar-refractivity contribution is 5.89. The molecular formula is C14H15N3O4. The topological polar surface area (TPSA) is 94.3 Å².